The highest BCUT2D eigenvalue weighted by atomic mass is 16.6. The minimum atomic E-state index is -0.506. The zero-order valence-electron chi connectivity index (χ0n) is 13.1. The van der Waals surface area contributed by atoms with Crippen LogP contribution < -0.4 is 15.5 Å². The molecule has 1 aromatic rings. The zero-order valence-corrected chi connectivity index (χ0v) is 13.1. The van der Waals surface area contributed by atoms with Gasteiger partial charge in [0.1, 0.15) is 0 Å². The Balaban J connectivity index is 1.95. The third-order valence-corrected chi connectivity index (χ3v) is 4.16. The van der Waals surface area contributed by atoms with E-state index in [9.17, 15) is 10.1 Å². The fraction of sp³-hybridized carbons (Fsp3) is 0.692. The van der Waals surface area contributed by atoms with Crippen LogP contribution in [0.4, 0.5) is 23.3 Å². The molecule has 0 spiro atoms. The maximum absolute atomic E-state index is 11.4. The van der Waals surface area contributed by atoms with E-state index in [4.69, 9.17) is 10.5 Å². The summed E-state index contributed by atoms with van der Waals surface area (Å²) in [5, 5.41) is 11.4. The molecule has 126 valence electrons. The predicted molar refractivity (Wildman–Crippen MR) is 85.8 cm³/mol. The summed E-state index contributed by atoms with van der Waals surface area (Å²) >= 11 is 0. The Hall–Kier alpha value is -2.20. The molecule has 2 aliphatic rings. The number of piperazine rings is 1. The van der Waals surface area contributed by atoms with Gasteiger partial charge in [0.2, 0.25) is 17.6 Å². The second kappa shape index (κ2) is 6.50. The maximum Gasteiger partial charge on any atom is 0.353 e. The molecule has 0 amide bonds. The zero-order chi connectivity index (χ0) is 16.4. The summed E-state index contributed by atoms with van der Waals surface area (Å²) < 4.78 is 5.31. The van der Waals surface area contributed by atoms with Crippen LogP contribution in [0.5, 0.6) is 0 Å². The van der Waals surface area contributed by atoms with Crippen molar-refractivity contribution < 1.29 is 9.66 Å². The second-order valence-electron chi connectivity index (χ2n) is 5.73. The van der Waals surface area contributed by atoms with Gasteiger partial charge in [0.05, 0.1) is 18.1 Å². The van der Waals surface area contributed by atoms with Crippen LogP contribution in [0.1, 0.15) is 0 Å². The van der Waals surface area contributed by atoms with E-state index in [-0.39, 0.29) is 11.5 Å². The maximum atomic E-state index is 11.4. The van der Waals surface area contributed by atoms with E-state index in [0.717, 1.165) is 26.2 Å². The van der Waals surface area contributed by atoms with E-state index in [1.165, 1.54) is 0 Å². The Morgan fingerprint density at radius 1 is 1.09 bits per heavy atom. The van der Waals surface area contributed by atoms with E-state index in [1.807, 2.05) is 9.80 Å². The molecule has 10 heteroatoms. The van der Waals surface area contributed by atoms with Crippen LogP contribution in [0, 0.1) is 10.1 Å². The number of rotatable bonds is 3. The number of aromatic nitrogens is 2. The lowest BCUT2D eigenvalue weighted by molar-refractivity contribution is -0.383. The lowest BCUT2D eigenvalue weighted by atomic mass is 10.3. The highest BCUT2D eigenvalue weighted by Gasteiger charge is 2.30. The standard InChI is InChI=1S/C13H21N7O3/c1-17-2-4-19(5-3-17)13-15-11(14)10(20(21)22)12(16-13)18-6-8-23-9-7-18/h2-9H2,1H3,(H2,14,15,16). The van der Waals surface area contributed by atoms with E-state index >= 15 is 0 Å². The number of nitrogens with two attached hydrogens (primary N) is 1. The van der Waals surface area contributed by atoms with Gasteiger partial charge >= 0.3 is 5.69 Å². The summed E-state index contributed by atoms with van der Waals surface area (Å²) in [6.07, 6.45) is 0. The van der Waals surface area contributed by atoms with Gasteiger partial charge in [-0.1, -0.05) is 0 Å². The van der Waals surface area contributed by atoms with Gasteiger partial charge in [-0.2, -0.15) is 9.97 Å². The molecule has 0 bridgehead atoms. The molecule has 2 fully saturated rings. The van der Waals surface area contributed by atoms with E-state index in [0.29, 0.717) is 38.1 Å². The Bertz CT molecular complexity index is 583. The number of nitro groups is 1. The monoisotopic (exact) mass is 323 g/mol. The Kier molecular flexibility index (Phi) is 4.44. The predicted octanol–water partition coefficient (Wildman–Crippen LogP) is -0.445. The molecular formula is C13H21N7O3. The van der Waals surface area contributed by atoms with E-state index in [2.05, 4.69) is 21.9 Å². The smallest absolute Gasteiger partial charge is 0.353 e. The number of nitrogens with zero attached hydrogens (tertiary/aromatic N) is 6. The molecular weight excluding hydrogens is 302 g/mol. The van der Waals surface area contributed by atoms with Crippen molar-refractivity contribution in [3.8, 4) is 0 Å². The van der Waals surface area contributed by atoms with Crippen LogP contribution in [0.3, 0.4) is 0 Å². The molecule has 0 aromatic carbocycles. The number of hydrogen-bond acceptors (Lipinski definition) is 9. The average Bonchev–Trinajstić information content (AvgIpc) is 2.55. The minimum absolute atomic E-state index is 0.0829. The molecule has 0 saturated carbocycles. The average molecular weight is 323 g/mol. The molecule has 23 heavy (non-hydrogen) atoms. The van der Waals surface area contributed by atoms with E-state index in [1.54, 1.807) is 0 Å². The second-order valence-corrected chi connectivity index (χ2v) is 5.73. The van der Waals surface area contributed by atoms with Gasteiger partial charge in [-0.05, 0) is 7.05 Å². The number of nitrogen functional groups attached to an aromatic ring is 1. The van der Waals surface area contributed by atoms with Crippen molar-refractivity contribution in [3.05, 3.63) is 10.1 Å². The highest BCUT2D eigenvalue weighted by molar-refractivity contribution is 5.71. The fourth-order valence-electron chi connectivity index (χ4n) is 2.77. The van der Waals surface area contributed by atoms with E-state index < -0.39 is 4.92 Å². The number of likely N-dealkylation sites (N-methyl/N-ethyl adjacent to an activating group) is 1. The van der Waals surface area contributed by atoms with Crippen LogP contribution in [0.15, 0.2) is 0 Å². The van der Waals surface area contributed by atoms with Crippen LogP contribution in [-0.4, -0.2) is 79.3 Å². The van der Waals surface area contributed by atoms with Gasteiger partial charge in [-0.25, -0.2) is 0 Å². The summed E-state index contributed by atoms with van der Waals surface area (Å²) in [5.41, 5.74) is 5.66. The molecule has 2 N–H and O–H groups in total. The Labute approximate surface area is 134 Å². The number of morpholine rings is 1. The van der Waals surface area contributed by atoms with Crippen LogP contribution >= 0.6 is 0 Å². The minimum Gasteiger partial charge on any atom is -0.378 e. The topological polar surface area (TPSA) is 114 Å². The number of anilines is 3. The van der Waals surface area contributed by atoms with Crippen molar-refractivity contribution in [2.75, 3.05) is 75.1 Å². The first-order valence-electron chi connectivity index (χ1n) is 7.64. The largest absolute Gasteiger partial charge is 0.378 e. The summed E-state index contributed by atoms with van der Waals surface area (Å²) in [6.45, 7) is 5.49. The molecule has 1 aromatic heterocycles. The summed E-state index contributed by atoms with van der Waals surface area (Å²) in [7, 11) is 2.06. The van der Waals surface area contributed by atoms with Crippen molar-refractivity contribution in [2.45, 2.75) is 0 Å². The van der Waals surface area contributed by atoms with Crippen molar-refractivity contribution >= 4 is 23.3 Å². The summed E-state index contributed by atoms with van der Waals surface area (Å²) in [6, 6.07) is 0. The van der Waals surface area contributed by atoms with Crippen LogP contribution in [0.25, 0.3) is 0 Å². The third kappa shape index (κ3) is 3.27. The van der Waals surface area contributed by atoms with Crippen molar-refractivity contribution in [2.24, 2.45) is 0 Å². The molecule has 3 rings (SSSR count). The molecule has 2 saturated heterocycles. The molecule has 0 unspecified atom stereocenters. The first kappa shape index (κ1) is 15.7. The molecule has 10 nitrogen and oxygen atoms in total. The molecule has 3 heterocycles. The fourth-order valence-corrected chi connectivity index (χ4v) is 2.77. The Morgan fingerprint density at radius 2 is 1.74 bits per heavy atom. The van der Waals surface area contributed by atoms with Crippen molar-refractivity contribution in [1.29, 1.82) is 0 Å². The van der Waals surface area contributed by atoms with Crippen LogP contribution in [-0.2, 0) is 4.74 Å². The normalized spacial score (nSPS) is 19.9. The summed E-state index contributed by atoms with van der Waals surface area (Å²) in [5.74, 6) is 0.669. The van der Waals surface area contributed by atoms with Gasteiger partial charge in [-0.3, -0.25) is 10.1 Å². The Morgan fingerprint density at radius 3 is 2.35 bits per heavy atom. The molecule has 0 aliphatic carbocycles. The van der Waals surface area contributed by atoms with Gasteiger partial charge in [-0.15, -0.1) is 0 Å². The van der Waals surface area contributed by atoms with Gasteiger partial charge in [0, 0.05) is 39.3 Å². The lowest BCUT2D eigenvalue weighted by Crippen LogP contribution is -2.45. The summed E-state index contributed by atoms with van der Waals surface area (Å²) in [4.78, 5) is 25.6. The third-order valence-electron chi connectivity index (χ3n) is 4.16. The van der Waals surface area contributed by atoms with Crippen molar-refractivity contribution in [3.63, 3.8) is 0 Å². The molecule has 0 radical (unpaired) electrons. The first-order chi connectivity index (χ1) is 11.1. The SMILES string of the molecule is CN1CCN(c2nc(N)c([N+](=O)[O-])c(N3CCOCC3)n2)CC1. The van der Waals surface area contributed by atoms with Crippen LogP contribution in [0.2, 0.25) is 0 Å². The van der Waals surface area contributed by atoms with Gasteiger partial charge in [0.25, 0.3) is 0 Å². The number of ether oxygens (including phenoxy) is 1. The van der Waals surface area contributed by atoms with Gasteiger partial charge in [0.15, 0.2) is 0 Å². The quantitative estimate of drug-likeness (QED) is 0.583. The molecule has 2 aliphatic heterocycles. The first-order valence-corrected chi connectivity index (χ1v) is 7.64. The number of hydrogen-bond donors (Lipinski definition) is 1. The van der Waals surface area contributed by atoms with Gasteiger partial charge < -0.3 is 25.2 Å². The molecule has 0 atom stereocenters. The van der Waals surface area contributed by atoms with Crippen molar-refractivity contribution in [1.82, 2.24) is 14.9 Å². The lowest BCUT2D eigenvalue weighted by Gasteiger charge is -2.33. The highest BCUT2D eigenvalue weighted by Crippen LogP contribution is 2.33.